The predicted molar refractivity (Wildman–Crippen MR) is 92.5 cm³/mol. The van der Waals surface area contributed by atoms with Crippen LogP contribution in [0, 0.1) is 26.7 Å². The van der Waals surface area contributed by atoms with Crippen molar-refractivity contribution in [3.05, 3.63) is 40.8 Å². The topological polar surface area (TPSA) is 59.8 Å². The van der Waals surface area contributed by atoms with Gasteiger partial charge in [-0.05, 0) is 50.3 Å². The van der Waals surface area contributed by atoms with Gasteiger partial charge >= 0.3 is 0 Å². The van der Waals surface area contributed by atoms with Crippen molar-refractivity contribution in [1.82, 2.24) is 14.8 Å². The zero-order valence-electron chi connectivity index (χ0n) is 14.7. The number of hydrogen-bond donors (Lipinski definition) is 1. The van der Waals surface area contributed by atoms with Gasteiger partial charge in [0.1, 0.15) is 5.82 Å². The molecule has 124 valence electrons. The monoisotopic (exact) mass is 314 g/mol. The molecule has 0 aliphatic heterocycles. The maximum Gasteiger partial charge on any atom is 0.225 e. The van der Waals surface area contributed by atoms with Gasteiger partial charge in [-0.25, -0.2) is 4.98 Å². The van der Waals surface area contributed by atoms with Gasteiger partial charge in [0.05, 0.1) is 5.69 Å². The van der Waals surface area contributed by atoms with Crippen molar-refractivity contribution < 1.29 is 4.79 Å². The molecular formula is C18H26N4O. The average Bonchev–Trinajstić information content (AvgIpc) is 2.73. The molecule has 0 fully saturated rings. The zero-order chi connectivity index (χ0) is 17.0. The fraction of sp³-hybridized carbons (Fsp3) is 0.500. The molecule has 0 saturated heterocycles. The van der Waals surface area contributed by atoms with Crippen molar-refractivity contribution in [3.8, 4) is 0 Å². The Morgan fingerprint density at radius 3 is 2.70 bits per heavy atom. The second kappa shape index (κ2) is 7.40. The summed E-state index contributed by atoms with van der Waals surface area (Å²) in [5, 5.41) is 7.48. The lowest BCUT2D eigenvalue weighted by atomic mass is 10.1. The molecule has 1 N–H and O–H groups in total. The van der Waals surface area contributed by atoms with Crippen LogP contribution in [0.1, 0.15) is 42.8 Å². The Hall–Kier alpha value is -2.17. The molecule has 0 aliphatic carbocycles. The standard InChI is InChI=1S/C18H26N4O/c1-12(2)11-22-15(5)16(14(4)21-22)8-9-17(23)20-18-13(3)7-6-10-19-18/h6-7,10,12H,8-9,11H2,1-5H3,(H,19,20,23). The molecule has 0 atom stereocenters. The summed E-state index contributed by atoms with van der Waals surface area (Å²) in [6, 6.07) is 3.80. The summed E-state index contributed by atoms with van der Waals surface area (Å²) in [5.41, 5.74) is 4.33. The molecule has 5 nitrogen and oxygen atoms in total. The molecule has 0 bridgehead atoms. The third-order valence-corrected chi connectivity index (χ3v) is 3.94. The van der Waals surface area contributed by atoms with E-state index in [1.165, 1.54) is 5.56 Å². The fourth-order valence-electron chi connectivity index (χ4n) is 2.67. The van der Waals surface area contributed by atoms with E-state index in [2.05, 4.69) is 40.9 Å². The van der Waals surface area contributed by atoms with Crippen molar-refractivity contribution in [3.63, 3.8) is 0 Å². The molecule has 0 radical (unpaired) electrons. The first-order valence-corrected chi connectivity index (χ1v) is 8.12. The van der Waals surface area contributed by atoms with Crippen molar-refractivity contribution in [2.24, 2.45) is 5.92 Å². The van der Waals surface area contributed by atoms with Gasteiger partial charge in [0, 0.05) is 24.9 Å². The van der Waals surface area contributed by atoms with Crippen molar-refractivity contribution >= 4 is 11.7 Å². The van der Waals surface area contributed by atoms with Gasteiger partial charge in [-0.3, -0.25) is 9.48 Å². The summed E-state index contributed by atoms with van der Waals surface area (Å²) < 4.78 is 2.05. The van der Waals surface area contributed by atoms with Crippen LogP contribution >= 0.6 is 0 Å². The fourth-order valence-corrected chi connectivity index (χ4v) is 2.67. The van der Waals surface area contributed by atoms with Crippen LogP contribution in [0.15, 0.2) is 18.3 Å². The molecule has 0 aliphatic rings. The van der Waals surface area contributed by atoms with Crippen LogP contribution in [0.3, 0.4) is 0 Å². The highest BCUT2D eigenvalue weighted by molar-refractivity contribution is 5.90. The Bertz CT molecular complexity index is 688. The van der Waals surface area contributed by atoms with Crippen molar-refractivity contribution in [2.75, 3.05) is 5.32 Å². The van der Waals surface area contributed by atoms with Gasteiger partial charge in [0.15, 0.2) is 0 Å². The van der Waals surface area contributed by atoms with Crippen molar-refractivity contribution in [1.29, 1.82) is 0 Å². The van der Waals surface area contributed by atoms with Gasteiger partial charge in [-0.15, -0.1) is 0 Å². The van der Waals surface area contributed by atoms with Crippen LogP contribution in [0.25, 0.3) is 0 Å². The summed E-state index contributed by atoms with van der Waals surface area (Å²) in [7, 11) is 0. The molecule has 0 aromatic carbocycles. The lowest BCUT2D eigenvalue weighted by Gasteiger charge is -2.09. The third kappa shape index (κ3) is 4.41. The van der Waals surface area contributed by atoms with Gasteiger partial charge in [-0.1, -0.05) is 19.9 Å². The van der Waals surface area contributed by atoms with E-state index in [1.807, 2.05) is 26.0 Å². The predicted octanol–water partition coefficient (Wildman–Crippen LogP) is 3.43. The van der Waals surface area contributed by atoms with Gasteiger partial charge in [-0.2, -0.15) is 5.10 Å². The minimum atomic E-state index is -0.0118. The summed E-state index contributed by atoms with van der Waals surface area (Å²) in [6.45, 7) is 11.3. The number of aromatic nitrogens is 3. The highest BCUT2D eigenvalue weighted by Gasteiger charge is 2.14. The first kappa shape index (κ1) is 17.2. The molecule has 0 unspecified atom stereocenters. The summed E-state index contributed by atoms with van der Waals surface area (Å²) >= 11 is 0. The molecule has 2 aromatic rings. The largest absolute Gasteiger partial charge is 0.310 e. The summed E-state index contributed by atoms with van der Waals surface area (Å²) in [5.74, 6) is 1.18. The minimum Gasteiger partial charge on any atom is -0.310 e. The number of carbonyl (C=O) groups excluding carboxylic acids is 1. The second-order valence-electron chi connectivity index (χ2n) is 6.44. The van der Waals surface area contributed by atoms with Crippen LogP contribution in [0.5, 0.6) is 0 Å². The Kier molecular flexibility index (Phi) is 5.53. The molecule has 2 heterocycles. The lowest BCUT2D eigenvalue weighted by molar-refractivity contribution is -0.116. The number of anilines is 1. The zero-order valence-corrected chi connectivity index (χ0v) is 14.7. The number of rotatable bonds is 6. The molecular weight excluding hydrogens is 288 g/mol. The number of aryl methyl sites for hydroxylation is 2. The summed E-state index contributed by atoms with van der Waals surface area (Å²) in [6.07, 6.45) is 2.82. The quantitative estimate of drug-likeness (QED) is 0.888. The molecule has 2 rings (SSSR count). The Balaban J connectivity index is 1.99. The molecule has 23 heavy (non-hydrogen) atoms. The first-order valence-electron chi connectivity index (χ1n) is 8.12. The molecule has 2 aromatic heterocycles. The Morgan fingerprint density at radius 1 is 1.30 bits per heavy atom. The minimum absolute atomic E-state index is 0.0118. The maximum absolute atomic E-state index is 12.2. The first-order chi connectivity index (χ1) is 10.9. The number of nitrogens with zero attached hydrogens (tertiary/aromatic N) is 3. The lowest BCUT2D eigenvalue weighted by Crippen LogP contribution is -2.14. The highest BCUT2D eigenvalue weighted by Crippen LogP contribution is 2.17. The normalized spacial score (nSPS) is 11.0. The molecule has 5 heteroatoms. The van der Waals surface area contributed by atoms with E-state index in [-0.39, 0.29) is 5.91 Å². The third-order valence-electron chi connectivity index (χ3n) is 3.94. The number of amides is 1. The van der Waals surface area contributed by atoms with E-state index in [0.29, 0.717) is 24.6 Å². The maximum atomic E-state index is 12.2. The number of carbonyl (C=O) groups is 1. The molecule has 0 spiro atoms. The second-order valence-corrected chi connectivity index (χ2v) is 6.44. The van der Waals surface area contributed by atoms with Crippen LogP contribution in [0.4, 0.5) is 5.82 Å². The van der Waals surface area contributed by atoms with Crippen LogP contribution in [-0.2, 0) is 17.8 Å². The van der Waals surface area contributed by atoms with E-state index >= 15 is 0 Å². The number of pyridine rings is 1. The van der Waals surface area contributed by atoms with E-state index in [4.69, 9.17) is 0 Å². The van der Waals surface area contributed by atoms with E-state index in [1.54, 1.807) is 6.20 Å². The van der Waals surface area contributed by atoms with E-state index in [0.717, 1.165) is 23.5 Å². The number of nitrogens with one attached hydrogen (secondary N) is 1. The van der Waals surface area contributed by atoms with Crippen LogP contribution < -0.4 is 5.32 Å². The van der Waals surface area contributed by atoms with Gasteiger partial charge in [0.25, 0.3) is 0 Å². The Labute approximate surface area is 138 Å². The van der Waals surface area contributed by atoms with Gasteiger partial charge < -0.3 is 5.32 Å². The highest BCUT2D eigenvalue weighted by atomic mass is 16.1. The summed E-state index contributed by atoms with van der Waals surface area (Å²) in [4.78, 5) is 16.4. The van der Waals surface area contributed by atoms with Crippen LogP contribution in [-0.4, -0.2) is 20.7 Å². The Morgan fingerprint density at radius 2 is 2.04 bits per heavy atom. The molecule has 0 saturated carbocycles. The van der Waals surface area contributed by atoms with E-state index < -0.39 is 0 Å². The smallest absolute Gasteiger partial charge is 0.225 e. The van der Waals surface area contributed by atoms with Crippen LogP contribution in [0.2, 0.25) is 0 Å². The number of hydrogen-bond acceptors (Lipinski definition) is 3. The SMILES string of the molecule is Cc1cccnc1NC(=O)CCc1c(C)nn(CC(C)C)c1C. The van der Waals surface area contributed by atoms with Crippen molar-refractivity contribution in [2.45, 2.75) is 54.0 Å². The van der Waals surface area contributed by atoms with Gasteiger partial charge in [0.2, 0.25) is 5.91 Å². The average molecular weight is 314 g/mol. The van der Waals surface area contributed by atoms with E-state index in [9.17, 15) is 4.79 Å². The molecule has 1 amide bonds.